The molecule has 0 bridgehead atoms. The van der Waals surface area contributed by atoms with Crippen LogP contribution in [0.1, 0.15) is 51.3 Å². The van der Waals surface area contributed by atoms with Gasteiger partial charge in [-0.2, -0.15) is 0 Å². The van der Waals surface area contributed by atoms with E-state index in [0.29, 0.717) is 12.1 Å². The average molecular weight is 411 g/mol. The van der Waals surface area contributed by atoms with Crippen molar-refractivity contribution in [2.75, 3.05) is 9.80 Å². The topological polar surface area (TPSA) is 6.48 Å². The van der Waals surface area contributed by atoms with E-state index >= 15 is 0 Å². The molecule has 0 spiro atoms. The summed E-state index contributed by atoms with van der Waals surface area (Å²) in [7, 11) is 0. The van der Waals surface area contributed by atoms with E-state index in [1.54, 1.807) is 0 Å². The lowest BCUT2D eigenvalue weighted by Crippen LogP contribution is -2.50. The highest BCUT2D eigenvalue weighted by Gasteiger charge is 2.61. The Labute approximate surface area is 187 Å². The van der Waals surface area contributed by atoms with Gasteiger partial charge in [-0.15, -0.1) is 0 Å². The van der Waals surface area contributed by atoms with Crippen LogP contribution < -0.4 is 9.80 Å². The Bertz CT molecular complexity index is 1100. The van der Waals surface area contributed by atoms with Gasteiger partial charge in [0.25, 0.3) is 0 Å². The van der Waals surface area contributed by atoms with E-state index in [9.17, 15) is 0 Å². The molecule has 3 aromatic carbocycles. The highest BCUT2D eigenvalue weighted by Crippen LogP contribution is 2.57. The molecule has 2 heterocycles. The van der Waals surface area contributed by atoms with Crippen LogP contribution in [0.2, 0.25) is 0 Å². The summed E-state index contributed by atoms with van der Waals surface area (Å²) < 4.78 is 0. The molecule has 2 aliphatic heterocycles. The van der Waals surface area contributed by atoms with Crippen molar-refractivity contribution < 1.29 is 0 Å². The fourth-order valence-electron chi connectivity index (χ4n) is 6.38. The second-order valence-corrected chi connectivity index (χ2v) is 10.6. The smallest absolute Gasteiger partial charge is 0.107 e. The first-order valence-electron chi connectivity index (χ1n) is 11.5. The minimum atomic E-state index is -0.0712. The van der Waals surface area contributed by atoms with Crippen LogP contribution in [0.4, 0.5) is 11.4 Å². The second-order valence-electron chi connectivity index (χ2n) is 10.6. The van der Waals surface area contributed by atoms with Crippen molar-refractivity contribution in [3.63, 3.8) is 0 Å². The fraction of sp³-hybridized carbons (Fsp3) is 0.379. The SMILES string of the molecule is Cc1ccccc1N1C(C(C)(C)C)N2c3ccccc3C(C)(c3ccccc3)C2[C@@H]1C. The van der Waals surface area contributed by atoms with Crippen LogP contribution in [0, 0.1) is 12.3 Å². The normalized spacial score (nSPS) is 27.4. The second kappa shape index (κ2) is 6.88. The van der Waals surface area contributed by atoms with Crippen LogP contribution in [0.5, 0.6) is 0 Å². The Kier molecular flexibility index (Phi) is 4.48. The van der Waals surface area contributed by atoms with Crippen molar-refractivity contribution in [3.8, 4) is 0 Å². The third kappa shape index (κ3) is 2.77. The third-order valence-corrected chi connectivity index (χ3v) is 7.60. The molecule has 2 heteroatoms. The Morgan fingerprint density at radius 2 is 1.32 bits per heavy atom. The number of hydrogen-bond donors (Lipinski definition) is 0. The largest absolute Gasteiger partial charge is 0.346 e. The first kappa shape index (κ1) is 20.2. The van der Waals surface area contributed by atoms with E-state index in [1.165, 1.54) is 28.1 Å². The quantitative estimate of drug-likeness (QED) is 0.460. The van der Waals surface area contributed by atoms with Crippen LogP contribution in [-0.2, 0) is 5.41 Å². The monoisotopic (exact) mass is 410 g/mol. The molecule has 0 aromatic heterocycles. The molecule has 1 fully saturated rings. The van der Waals surface area contributed by atoms with Crippen LogP contribution in [0.15, 0.2) is 78.9 Å². The maximum atomic E-state index is 2.75. The molecule has 1 saturated heterocycles. The Morgan fingerprint density at radius 3 is 1.97 bits per heavy atom. The van der Waals surface area contributed by atoms with Gasteiger partial charge in [-0.1, -0.05) is 87.5 Å². The summed E-state index contributed by atoms with van der Waals surface area (Å²) in [6.45, 7) is 14.3. The van der Waals surface area contributed by atoms with Crippen molar-refractivity contribution in [2.45, 2.75) is 65.2 Å². The molecule has 160 valence electrons. The Balaban J connectivity index is 1.78. The minimum absolute atomic E-state index is 0.0712. The van der Waals surface area contributed by atoms with E-state index in [1.807, 2.05) is 0 Å². The summed E-state index contributed by atoms with van der Waals surface area (Å²) >= 11 is 0. The lowest BCUT2D eigenvalue weighted by Gasteiger charge is -2.42. The van der Waals surface area contributed by atoms with Crippen LogP contribution >= 0.6 is 0 Å². The van der Waals surface area contributed by atoms with Crippen LogP contribution in [0.3, 0.4) is 0 Å². The molecule has 0 radical (unpaired) electrons. The van der Waals surface area contributed by atoms with Gasteiger partial charge in [-0.3, -0.25) is 0 Å². The predicted octanol–water partition coefficient (Wildman–Crippen LogP) is 6.77. The zero-order valence-corrected chi connectivity index (χ0v) is 19.6. The Hall–Kier alpha value is -2.74. The van der Waals surface area contributed by atoms with E-state index in [0.717, 1.165) is 0 Å². The summed E-state index contributed by atoms with van der Waals surface area (Å²) in [6.07, 6.45) is 0.278. The minimum Gasteiger partial charge on any atom is -0.346 e. The van der Waals surface area contributed by atoms with Gasteiger partial charge in [0.15, 0.2) is 0 Å². The van der Waals surface area contributed by atoms with Crippen molar-refractivity contribution in [3.05, 3.63) is 95.6 Å². The molecule has 0 amide bonds. The summed E-state index contributed by atoms with van der Waals surface area (Å²) in [5, 5.41) is 0. The number of fused-ring (bicyclic) bond motifs is 3. The molecule has 3 unspecified atom stereocenters. The van der Waals surface area contributed by atoms with E-state index in [4.69, 9.17) is 0 Å². The molecule has 0 N–H and O–H groups in total. The first-order chi connectivity index (χ1) is 14.8. The van der Waals surface area contributed by atoms with Crippen molar-refractivity contribution in [1.29, 1.82) is 0 Å². The lowest BCUT2D eigenvalue weighted by molar-refractivity contribution is 0.316. The summed E-state index contributed by atoms with van der Waals surface area (Å²) in [5.41, 5.74) is 6.97. The van der Waals surface area contributed by atoms with E-state index in [2.05, 4.69) is 130 Å². The summed E-state index contributed by atoms with van der Waals surface area (Å²) in [4.78, 5) is 5.45. The highest BCUT2D eigenvalue weighted by atomic mass is 15.5. The number of hydrogen-bond acceptors (Lipinski definition) is 2. The number of aryl methyl sites for hydroxylation is 1. The standard InChI is InChI=1S/C29H34N2/c1-20-14-10-12-18-24(20)30-21(2)26-29(6,22-15-8-7-9-16-22)23-17-11-13-19-25(23)31(26)27(30)28(3,4)5/h7-19,21,26-27H,1-6H3/t21-,26?,27?,29?/m0/s1. The number of anilines is 2. The molecular formula is C29H34N2. The van der Waals surface area contributed by atoms with Gasteiger partial charge in [0, 0.05) is 28.2 Å². The summed E-state index contributed by atoms with van der Waals surface area (Å²) in [5.74, 6) is 0. The van der Waals surface area contributed by atoms with Gasteiger partial charge >= 0.3 is 0 Å². The first-order valence-corrected chi connectivity index (χ1v) is 11.5. The number of rotatable bonds is 2. The van der Waals surface area contributed by atoms with Crippen LogP contribution in [0.25, 0.3) is 0 Å². The van der Waals surface area contributed by atoms with E-state index < -0.39 is 0 Å². The van der Waals surface area contributed by atoms with Gasteiger partial charge in [0.1, 0.15) is 6.17 Å². The van der Waals surface area contributed by atoms with Crippen molar-refractivity contribution in [2.24, 2.45) is 5.41 Å². The highest BCUT2D eigenvalue weighted by molar-refractivity contribution is 5.74. The van der Waals surface area contributed by atoms with Crippen LogP contribution in [-0.4, -0.2) is 18.2 Å². The third-order valence-electron chi connectivity index (χ3n) is 7.60. The maximum absolute atomic E-state index is 2.75. The van der Waals surface area contributed by atoms with Gasteiger partial charge < -0.3 is 9.80 Å². The van der Waals surface area contributed by atoms with Crippen molar-refractivity contribution in [1.82, 2.24) is 0 Å². The summed E-state index contributed by atoms with van der Waals surface area (Å²) in [6, 6.07) is 29.8. The van der Waals surface area contributed by atoms with Crippen molar-refractivity contribution >= 4 is 11.4 Å². The fourth-order valence-corrected chi connectivity index (χ4v) is 6.38. The number of nitrogens with zero attached hydrogens (tertiary/aromatic N) is 2. The molecule has 31 heavy (non-hydrogen) atoms. The molecule has 0 aliphatic carbocycles. The predicted molar refractivity (Wildman–Crippen MR) is 132 cm³/mol. The molecule has 3 aromatic rings. The zero-order valence-electron chi connectivity index (χ0n) is 19.6. The Morgan fingerprint density at radius 1 is 0.742 bits per heavy atom. The molecular weight excluding hydrogens is 376 g/mol. The van der Waals surface area contributed by atoms with Gasteiger partial charge in [0.2, 0.25) is 0 Å². The van der Waals surface area contributed by atoms with E-state index in [-0.39, 0.29) is 17.0 Å². The average Bonchev–Trinajstić information content (AvgIpc) is 3.21. The molecule has 2 aliphatic rings. The number of para-hydroxylation sites is 2. The number of benzene rings is 3. The molecule has 5 rings (SSSR count). The molecule has 0 saturated carbocycles. The maximum Gasteiger partial charge on any atom is 0.107 e. The lowest BCUT2D eigenvalue weighted by atomic mass is 9.71. The van der Waals surface area contributed by atoms with Gasteiger partial charge in [0.05, 0.1) is 6.04 Å². The zero-order chi connectivity index (χ0) is 22.0. The molecule has 2 nitrogen and oxygen atoms in total. The van der Waals surface area contributed by atoms with Gasteiger partial charge in [-0.05, 0) is 49.6 Å². The molecule has 4 atom stereocenters. The van der Waals surface area contributed by atoms with Gasteiger partial charge in [-0.25, -0.2) is 0 Å².